The lowest BCUT2D eigenvalue weighted by atomic mass is 9.87. The van der Waals surface area contributed by atoms with Gasteiger partial charge in [-0.25, -0.2) is 4.98 Å². The monoisotopic (exact) mass is 357 g/mol. The minimum absolute atomic E-state index is 0.106. The van der Waals surface area contributed by atoms with Crippen LogP contribution < -0.4 is 0 Å². The molecule has 1 aromatic heterocycles. The minimum atomic E-state index is 0.106. The predicted molar refractivity (Wildman–Crippen MR) is 102 cm³/mol. The van der Waals surface area contributed by atoms with Crippen LogP contribution in [0, 0.1) is 0 Å². The van der Waals surface area contributed by atoms with Gasteiger partial charge in [-0.3, -0.25) is 9.80 Å². The van der Waals surface area contributed by atoms with Crippen molar-refractivity contribution < 1.29 is 4.74 Å². The van der Waals surface area contributed by atoms with Crippen LogP contribution in [0.5, 0.6) is 0 Å². The number of rotatable bonds is 5. The Morgan fingerprint density at radius 1 is 1.28 bits per heavy atom. The molecule has 5 heteroatoms. The number of ether oxygens (including phenoxy) is 1. The van der Waals surface area contributed by atoms with E-state index in [0.717, 1.165) is 45.6 Å². The fourth-order valence-electron chi connectivity index (χ4n) is 4.09. The van der Waals surface area contributed by atoms with E-state index in [1.165, 1.54) is 17.0 Å². The maximum atomic E-state index is 6.36. The van der Waals surface area contributed by atoms with Gasteiger partial charge in [-0.1, -0.05) is 30.3 Å². The van der Waals surface area contributed by atoms with E-state index in [9.17, 15) is 0 Å². The molecule has 1 atom stereocenters. The van der Waals surface area contributed by atoms with Gasteiger partial charge in [0, 0.05) is 37.3 Å². The Balaban J connectivity index is 1.28. The summed E-state index contributed by atoms with van der Waals surface area (Å²) >= 11 is 1.75. The summed E-state index contributed by atoms with van der Waals surface area (Å²) < 4.78 is 6.36. The third-order valence-electron chi connectivity index (χ3n) is 5.70. The van der Waals surface area contributed by atoms with E-state index in [-0.39, 0.29) is 5.60 Å². The lowest BCUT2D eigenvalue weighted by Crippen LogP contribution is -2.44. The smallest absolute Gasteiger partial charge is 0.107 e. The van der Waals surface area contributed by atoms with Crippen molar-refractivity contribution >= 4 is 11.3 Å². The molecular weight excluding hydrogens is 330 g/mol. The number of aromatic nitrogens is 1. The third-order valence-corrected chi connectivity index (χ3v) is 6.46. The highest BCUT2D eigenvalue weighted by Gasteiger charge is 2.43. The Bertz CT molecular complexity index is 653. The van der Waals surface area contributed by atoms with Gasteiger partial charge in [0.1, 0.15) is 5.01 Å². The zero-order chi connectivity index (χ0) is 17.1. The van der Waals surface area contributed by atoms with Crippen LogP contribution in [0.25, 0.3) is 0 Å². The van der Waals surface area contributed by atoms with Crippen molar-refractivity contribution in [2.45, 2.75) is 44.0 Å². The number of piperidine rings is 1. The van der Waals surface area contributed by atoms with Crippen LogP contribution in [-0.2, 0) is 17.8 Å². The van der Waals surface area contributed by atoms with Crippen LogP contribution >= 0.6 is 11.3 Å². The number of hydrogen-bond donors (Lipinski definition) is 0. The van der Waals surface area contributed by atoms with Gasteiger partial charge in [0.05, 0.1) is 18.8 Å². The maximum absolute atomic E-state index is 6.36. The van der Waals surface area contributed by atoms with Gasteiger partial charge in [-0.05, 0) is 31.9 Å². The molecule has 2 aromatic rings. The fourth-order valence-corrected chi connectivity index (χ4v) is 4.75. The lowest BCUT2D eigenvalue weighted by Gasteiger charge is -2.38. The molecule has 0 aliphatic carbocycles. The summed E-state index contributed by atoms with van der Waals surface area (Å²) in [4.78, 5) is 9.40. The molecule has 4 nitrogen and oxygen atoms in total. The van der Waals surface area contributed by atoms with E-state index in [2.05, 4.69) is 57.5 Å². The highest BCUT2D eigenvalue weighted by Crippen LogP contribution is 2.38. The largest absolute Gasteiger partial charge is 0.373 e. The summed E-state index contributed by atoms with van der Waals surface area (Å²) in [5.74, 6) is 0. The molecule has 0 N–H and O–H groups in total. The standard InChI is InChI=1S/C20H27N3OS/c1-22(14-17-5-3-2-4-6-17)18-13-20(24-16-18)7-10-23(11-8-20)15-19-21-9-12-25-19/h2-6,9,12,18H,7-8,10-11,13-16H2,1H3/t18-/m0/s1. The van der Waals surface area contributed by atoms with E-state index in [4.69, 9.17) is 4.74 Å². The van der Waals surface area contributed by atoms with Gasteiger partial charge in [-0.15, -0.1) is 11.3 Å². The molecule has 1 aromatic carbocycles. The number of nitrogens with zero attached hydrogens (tertiary/aromatic N) is 3. The Hall–Kier alpha value is -1.27. The molecule has 134 valence electrons. The number of benzene rings is 1. The normalized spacial score (nSPS) is 23.5. The Morgan fingerprint density at radius 2 is 2.08 bits per heavy atom. The van der Waals surface area contributed by atoms with Crippen LogP contribution in [0.2, 0.25) is 0 Å². The number of likely N-dealkylation sites (N-methyl/N-ethyl adjacent to an activating group) is 1. The van der Waals surface area contributed by atoms with Gasteiger partial charge in [0.25, 0.3) is 0 Å². The summed E-state index contributed by atoms with van der Waals surface area (Å²) in [6, 6.07) is 11.3. The SMILES string of the molecule is CN(Cc1ccccc1)[C@@H]1COC2(CCN(Cc3nccs3)CC2)C1. The molecule has 2 aliphatic rings. The van der Waals surface area contributed by atoms with Crippen molar-refractivity contribution in [1.29, 1.82) is 0 Å². The van der Waals surface area contributed by atoms with Gasteiger partial charge >= 0.3 is 0 Å². The van der Waals surface area contributed by atoms with E-state index >= 15 is 0 Å². The fraction of sp³-hybridized carbons (Fsp3) is 0.550. The molecule has 2 aliphatic heterocycles. The van der Waals surface area contributed by atoms with Crippen molar-refractivity contribution in [2.75, 3.05) is 26.7 Å². The summed E-state index contributed by atoms with van der Waals surface area (Å²) in [6.07, 6.45) is 5.36. The average Bonchev–Trinajstić information content (AvgIpc) is 3.29. The molecular formula is C20H27N3OS. The second-order valence-corrected chi connectivity index (χ2v) is 8.43. The quantitative estimate of drug-likeness (QED) is 0.820. The Labute approximate surface area is 154 Å². The maximum Gasteiger partial charge on any atom is 0.107 e. The third kappa shape index (κ3) is 4.11. The van der Waals surface area contributed by atoms with E-state index in [0.29, 0.717) is 6.04 Å². The van der Waals surface area contributed by atoms with E-state index in [1.807, 2.05) is 6.20 Å². The van der Waals surface area contributed by atoms with Crippen LogP contribution in [0.1, 0.15) is 29.8 Å². The average molecular weight is 358 g/mol. The predicted octanol–water partition coefficient (Wildman–Crippen LogP) is 3.40. The summed E-state index contributed by atoms with van der Waals surface area (Å²) in [7, 11) is 2.23. The molecule has 0 saturated carbocycles. The molecule has 3 heterocycles. The van der Waals surface area contributed by atoms with Gasteiger partial charge in [0.15, 0.2) is 0 Å². The first-order valence-electron chi connectivity index (χ1n) is 9.21. The highest BCUT2D eigenvalue weighted by atomic mass is 32.1. The molecule has 2 saturated heterocycles. The van der Waals surface area contributed by atoms with Crippen molar-refractivity contribution in [2.24, 2.45) is 0 Å². The second kappa shape index (κ2) is 7.54. The van der Waals surface area contributed by atoms with Crippen molar-refractivity contribution in [3.8, 4) is 0 Å². The van der Waals surface area contributed by atoms with Crippen molar-refractivity contribution in [3.63, 3.8) is 0 Å². The van der Waals surface area contributed by atoms with Crippen LogP contribution in [-0.4, -0.2) is 53.2 Å². The Morgan fingerprint density at radius 3 is 2.80 bits per heavy atom. The topological polar surface area (TPSA) is 28.6 Å². The summed E-state index contributed by atoms with van der Waals surface area (Å²) in [5.41, 5.74) is 1.49. The summed E-state index contributed by atoms with van der Waals surface area (Å²) in [5, 5.41) is 3.29. The molecule has 0 amide bonds. The molecule has 4 rings (SSSR count). The van der Waals surface area contributed by atoms with Crippen LogP contribution in [0.15, 0.2) is 41.9 Å². The van der Waals surface area contributed by atoms with Gasteiger partial charge < -0.3 is 4.74 Å². The molecule has 25 heavy (non-hydrogen) atoms. The number of thiazole rings is 1. The number of hydrogen-bond acceptors (Lipinski definition) is 5. The zero-order valence-electron chi connectivity index (χ0n) is 14.9. The second-order valence-electron chi connectivity index (χ2n) is 7.45. The first-order chi connectivity index (χ1) is 12.2. The zero-order valence-corrected chi connectivity index (χ0v) is 15.8. The summed E-state index contributed by atoms with van der Waals surface area (Å²) in [6.45, 7) is 5.10. The van der Waals surface area contributed by atoms with E-state index in [1.54, 1.807) is 11.3 Å². The van der Waals surface area contributed by atoms with Gasteiger partial charge in [0.2, 0.25) is 0 Å². The number of likely N-dealkylation sites (tertiary alicyclic amines) is 1. The molecule has 0 radical (unpaired) electrons. The van der Waals surface area contributed by atoms with Crippen LogP contribution in [0.4, 0.5) is 0 Å². The van der Waals surface area contributed by atoms with Crippen molar-refractivity contribution in [3.05, 3.63) is 52.5 Å². The molecule has 0 unspecified atom stereocenters. The first kappa shape index (κ1) is 17.2. The van der Waals surface area contributed by atoms with Crippen LogP contribution in [0.3, 0.4) is 0 Å². The molecule has 2 fully saturated rings. The lowest BCUT2D eigenvalue weighted by molar-refractivity contribution is -0.0452. The first-order valence-corrected chi connectivity index (χ1v) is 10.1. The van der Waals surface area contributed by atoms with Gasteiger partial charge in [-0.2, -0.15) is 0 Å². The van der Waals surface area contributed by atoms with Crippen molar-refractivity contribution in [1.82, 2.24) is 14.8 Å². The highest BCUT2D eigenvalue weighted by molar-refractivity contribution is 7.09. The molecule has 0 bridgehead atoms. The Kier molecular flexibility index (Phi) is 5.17. The minimum Gasteiger partial charge on any atom is -0.373 e. The van der Waals surface area contributed by atoms with E-state index < -0.39 is 0 Å². The molecule has 1 spiro atoms.